The zero-order valence-electron chi connectivity index (χ0n) is 18.1. The molecule has 34 heavy (non-hydrogen) atoms. The summed E-state index contributed by atoms with van der Waals surface area (Å²) >= 11 is 0. The third-order valence-electron chi connectivity index (χ3n) is 5.38. The maximum atomic E-state index is 14.9. The molecule has 2 fully saturated rings. The van der Waals surface area contributed by atoms with Gasteiger partial charge < -0.3 is 19.8 Å². The summed E-state index contributed by atoms with van der Waals surface area (Å²) < 4.78 is 44.8. The van der Waals surface area contributed by atoms with Crippen molar-refractivity contribution in [3.05, 3.63) is 24.0 Å². The number of anilines is 2. The number of hydrogen-bond donors (Lipinski definition) is 4. The first-order chi connectivity index (χ1) is 16.2. The van der Waals surface area contributed by atoms with Crippen LogP contribution < -0.4 is 20.5 Å². The molecule has 0 bridgehead atoms. The van der Waals surface area contributed by atoms with Crippen molar-refractivity contribution in [3.63, 3.8) is 0 Å². The number of nitrogens with zero attached hydrogens (tertiary/aromatic N) is 3. The molecule has 14 heteroatoms. The van der Waals surface area contributed by atoms with Crippen LogP contribution in [0.25, 0.3) is 0 Å². The molecule has 188 valence electrons. The highest BCUT2D eigenvalue weighted by Crippen LogP contribution is 2.28. The van der Waals surface area contributed by atoms with Crippen LogP contribution in [-0.2, 0) is 14.3 Å². The number of carbonyl (C=O) groups excluding carboxylic acids is 2. The minimum Gasteiger partial charge on any atom is -0.481 e. The van der Waals surface area contributed by atoms with Crippen LogP contribution in [0, 0.1) is 5.82 Å². The lowest BCUT2D eigenvalue weighted by Gasteiger charge is -2.24. The molecule has 1 aromatic rings. The van der Waals surface area contributed by atoms with Gasteiger partial charge in [0.05, 0.1) is 30.9 Å². The zero-order chi connectivity index (χ0) is 24.8. The number of hydrogen-bond acceptors (Lipinski definition) is 8. The van der Waals surface area contributed by atoms with Crippen LogP contribution in [0.15, 0.2) is 18.2 Å². The number of carboxylic acid groups (broad SMARTS) is 1. The normalized spacial score (nSPS) is 19.9. The van der Waals surface area contributed by atoms with Gasteiger partial charge in [0, 0.05) is 32.6 Å². The number of carbonyl (C=O) groups is 3. The van der Waals surface area contributed by atoms with Crippen LogP contribution in [0.2, 0.25) is 0 Å². The predicted molar refractivity (Wildman–Crippen MR) is 113 cm³/mol. The lowest BCUT2D eigenvalue weighted by molar-refractivity contribution is -0.141. The predicted octanol–water partition coefficient (Wildman–Crippen LogP) is 0.342. The third-order valence-corrected chi connectivity index (χ3v) is 5.38. The fraction of sp³-hybridized carbons (Fsp3) is 0.550. The molecule has 1 aromatic carbocycles. The van der Waals surface area contributed by atoms with Gasteiger partial charge in [0.25, 0.3) is 6.43 Å². The number of carboxylic acids is 1. The highest BCUT2D eigenvalue weighted by molar-refractivity contribution is 5.90. The number of rotatable bonds is 9. The van der Waals surface area contributed by atoms with E-state index in [2.05, 4.69) is 10.7 Å². The fourth-order valence-corrected chi connectivity index (χ4v) is 3.63. The monoisotopic (exact) mass is 489 g/mol. The summed E-state index contributed by atoms with van der Waals surface area (Å²) in [5.41, 5.74) is 3.39. The third kappa shape index (κ3) is 6.48. The van der Waals surface area contributed by atoms with Crippen molar-refractivity contribution in [2.45, 2.75) is 31.6 Å². The fourth-order valence-electron chi connectivity index (χ4n) is 3.63. The van der Waals surface area contributed by atoms with Crippen molar-refractivity contribution in [2.75, 3.05) is 49.1 Å². The Morgan fingerprint density at radius 1 is 1.24 bits per heavy atom. The average molecular weight is 489 g/mol. The van der Waals surface area contributed by atoms with Gasteiger partial charge in [0.15, 0.2) is 6.23 Å². The van der Waals surface area contributed by atoms with Crippen LogP contribution >= 0.6 is 0 Å². The lowest BCUT2D eigenvalue weighted by atomic mass is 10.2. The molecule has 0 aliphatic carbocycles. The van der Waals surface area contributed by atoms with E-state index >= 15 is 0 Å². The molecule has 2 amide bonds. The molecule has 0 aromatic heterocycles. The minimum atomic E-state index is -2.99. The maximum Gasteiger partial charge on any atom is 0.414 e. The van der Waals surface area contributed by atoms with Crippen molar-refractivity contribution in [1.82, 2.24) is 15.8 Å². The molecule has 11 nitrogen and oxygen atoms in total. The van der Waals surface area contributed by atoms with Gasteiger partial charge in [0.1, 0.15) is 11.9 Å². The number of ether oxygens (including phenoxy) is 1. The van der Waals surface area contributed by atoms with Crippen LogP contribution in [0.4, 0.5) is 29.3 Å². The lowest BCUT2D eigenvalue weighted by Crippen LogP contribution is -2.43. The quantitative estimate of drug-likeness (QED) is 0.362. The molecule has 2 aliphatic rings. The molecule has 4 N–H and O–H groups in total. The zero-order valence-corrected chi connectivity index (χ0v) is 18.1. The van der Waals surface area contributed by atoms with E-state index in [0.717, 1.165) is 6.07 Å². The Labute approximate surface area is 193 Å². The van der Waals surface area contributed by atoms with Crippen LogP contribution in [-0.4, -0.2) is 91.2 Å². The van der Waals surface area contributed by atoms with Gasteiger partial charge >= 0.3 is 12.1 Å². The van der Waals surface area contributed by atoms with E-state index in [1.54, 1.807) is 4.90 Å². The summed E-state index contributed by atoms with van der Waals surface area (Å²) in [6.45, 7) is 1.02. The second-order valence-electron chi connectivity index (χ2n) is 7.77. The van der Waals surface area contributed by atoms with Crippen LogP contribution in [0.1, 0.15) is 12.8 Å². The van der Waals surface area contributed by atoms with E-state index in [0.29, 0.717) is 19.6 Å². The smallest absolute Gasteiger partial charge is 0.414 e. The highest BCUT2D eigenvalue weighted by Gasteiger charge is 2.33. The molecule has 0 spiro atoms. The van der Waals surface area contributed by atoms with Gasteiger partial charge in [-0.3, -0.25) is 24.8 Å². The standard InChI is InChI=1S/C20H26F3N5O6/c21-14-9-12(27-11-13(34-20(27)33)10-24-19(32)18(22)23)1-2-15(14)26-6-5-25-28(8-7-26)16(29)3-4-17(30)31/h1-2,9,13,18-19,24-25,32H,3-8,10-11H2,(H,30,31). The van der Waals surface area contributed by atoms with Crippen LogP contribution in [0.5, 0.6) is 0 Å². The number of aliphatic hydroxyl groups is 1. The van der Waals surface area contributed by atoms with Gasteiger partial charge in [-0.1, -0.05) is 0 Å². The van der Waals surface area contributed by atoms with Crippen molar-refractivity contribution >= 4 is 29.3 Å². The summed E-state index contributed by atoms with van der Waals surface area (Å²) in [5, 5.41) is 21.3. The van der Waals surface area contributed by atoms with Gasteiger partial charge in [-0.2, -0.15) is 0 Å². The summed E-state index contributed by atoms with van der Waals surface area (Å²) in [7, 11) is 0. The van der Waals surface area contributed by atoms with E-state index in [9.17, 15) is 27.6 Å². The first-order valence-corrected chi connectivity index (χ1v) is 10.6. The van der Waals surface area contributed by atoms with E-state index in [-0.39, 0.29) is 49.8 Å². The van der Waals surface area contributed by atoms with Crippen molar-refractivity contribution < 1.29 is 42.5 Å². The second-order valence-corrected chi connectivity index (χ2v) is 7.77. The molecule has 2 saturated heterocycles. The number of aliphatic hydroxyl groups excluding tert-OH is 1. The topological polar surface area (TPSA) is 135 Å². The molecule has 0 saturated carbocycles. The maximum absolute atomic E-state index is 14.9. The van der Waals surface area contributed by atoms with E-state index in [1.165, 1.54) is 22.0 Å². The molecule has 2 unspecified atom stereocenters. The summed E-state index contributed by atoms with van der Waals surface area (Å²) in [6.07, 6.45) is -7.02. The SMILES string of the molecule is O=C(O)CCC(=O)N1CCN(c2ccc(N3CC(CNC(O)C(F)F)OC3=O)cc2F)CCN1. The number of cyclic esters (lactones) is 1. The Morgan fingerprint density at radius 3 is 2.68 bits per heavy atom. The van der Waals surface area contributed by atoms with Crippen molar-refractivity contribution in [3.8, 4) is 0 Å². The first-order valence-electron chi connectivity index (χ1n) is 10.6. The van der Waals surface area contributed by atoms with Gasteiger partial charge in [-0.25, -0.2) is 23.4 Å². The van der Waals surface area contributed by atoms with E-state index in [4.69, 9.17) is 14.9 Å². The van der Waals surface area contributed by atoms with Crippen molar-refractivity contribution in [1.29, 1.82) is 0 Å². The van der Waals surface area contributed by atoms with Gasteiger partial charge in [0.2, 0.25) is 5.91 Å². The Kier molecular flexibility index (Phi) is 8.52. The Bertz CT molecular complexity index is 907. The molecule has 2 aliphatic heterocycles. The van der Waals surface area contributed by atoms with E-state index < -0.39 is 36.6 Å². The van der Waals surface area contributed by atoms with Gasteiger partial charge in [-0.05, 0) is 18.2 Å². The van der Waals surface area contributed by atoms with Crippen molar-refractivity contribution in [2.24, 2.45) is 0 Å². The molecular weight excluding hydrogens is 463 g/mol. The summed E-state index contributed by atoms with van der Waals surface area (Å²) in [6, 6.07) is 4.18. The highest BCUT2D eigenvalue weighted by atomic mass is 19.3. The number of halogens is 3. The number of hydrazine groups is 1. The number of amides is 2. The van der Waals surface area contributed by atoms with Gasteiger partial charge in [-0.15, -0.1) is 0 Å². The molecule has 3 rings (SSSR count). The Morgan fingerprint density at radius 2 is 2.00 bits per heavy atom. The van der Waals surface area contributed by atoms with Crippen LogP contribution in [0.3, 0.4) is 0 Å². The first kappa shape index (κ1) is 25.5. The molecule has 0 radical (unpaired) electrons. The minimum absolute atomic E-state index is 0.0123. The Hall–Kier alpha value is -3.10. The summed E-state index contributed by atoms with van der Waals surface area (Å²) in [4.78, 5) is 37.8. The number of benzene rings is 1. The van der Waals surface area contributed by atoms with E-state index in [1.807, 2.05) is 0 Å². The number of alkyl halides is 2. The molecule has 2 atom stereocenters. The number of nitrogens with one attached hydrogen (secondary N) is 2. The average Bonchev–Trinajstić information content (AvgIpc) is 3.00. The molecule has 2 heterocycles. The second kappa shape index (κ2) is 11.4. The Balaban J connectivity index is 1.59. The summed E-state index contributed by atoms with van der Waals surface area (Å²) in [5.74, 6) is -2.04. The largest absolute Gasteiger partial charge is 0.481 e. The number of aliphatic carboxylic acids is 1. The molecular formula is C20H26F3N5O6.